The van der Waals surface area contributed by atoms with Crippen LogP contribution in [0.3, 0.4) is 0 Å². The van der Waals surface area contributed by atoms with E-state index in [9.17, 15) is 4.79 Å². The molecule has 1 heterocycles. The number of carbonyl (C=O) groups is 1. The summed E-state index contributed by atoms with van der Waals surface area (Å²) in [7, 11) is 0. The van der Waals surface area contributed by atoms with Crippen molar-refractivity contribution in [1.29, 1.82) is 5.26 Å². The molecule has 33 heavy (non-hydrogen) atoms. The molecule has 2 aromatic rings. The summed E-state index contributed by atoms with van der Waals surface area (Å²) in [5.74, 6) is 0.704. The van der Waals surface area contributed by atoms with E-state index in [-0.39, 0.29) is 18.4 Å². The zero-order valence-electron chi connectivity index (χ0n) is 20.3. The molecule has 5 heteroatoms. The van der Waals surface area contributed by atoms with Crippen LogP contribution in [0.15, 0.2) is 36.4 Å². The van der Waals surface area contributed by atoms with Crippen molar-refractivity contribution in [2.24, 2.45) is 0 Å². The molecule has 0 bridgehead atoms. The van der Waals surface area contributed by atoms with Crippen LogP contribution in [0.2, 0.25) is 0 Å². The first-order valence-corrected chi connectivity index (χ1v) is 12.3. The average Bonchev–Trinajstić information content (AvgIpc) is 2.81. The summed E-state index contributed by atoms with van der Waals surface area (Å²) in [6.45, 7) is 8.96. The first kappa shape index (κ1) is 24.6. The number of nitrogens with zero attached hydrogens (tertiary/aromatic N) is 2. The van der Waals surface area contributed by atoms with Crippen LogP contribution in [0, 0.1) is 18.3 Å². The third-order valence-corrected chi connectivity index (χ3v) is 6.29. The molecule has 1 amide bonds. The maximum absolute atomic E-state index is 13.1. The highest BCUT2D eigenvalue weighted by molar-refractivity contribution is 5.79. The van der Waals surface area contributed by atoms with Crippen molar-refractivity contribution in [3.63, 3.8) is 0 Å². The van der Waals surface area contributed by atoms with Crippen molar-refractivity contribution in [3.8, 4) is 11.8 Å². The molecular weight excluding hydrogens is 410 g/mol. The predicted octanol–water partition coefficient (Wildman–Crippen LogP) is 5.65. The van der Waals surface area contributed by atoms with Crippen LogP contribution < -0.4 is 15.0 Å². The molecule has 1 atom stereocenters. The summed E-state index contributed by atoms with van der Waals surface area (Å²) >= 11 is 0. The van der Waals surface area contributed by atoms with E-state index in [1.807, 2.05) is 25.1 Å². The summed E-state index contributed by atoms with van der Waals surface area (Å²) in [5, 5.41) is 12.4. The number of rotatable bonds is 10. The molecule has 1 unspecified atom stereocenters. The van der Waals surface area contributed by atoms with Crippen molar-refractivity contribution >= 4 is 11.6 Å². The molecule has 0 aliphatic carbocycles. The van der Waals surface area contributed by atoms with Crippen LogP contribution in [-0.2, 0) is 17.6 Å². The van der Waals surface area contributed by atoms with E-state index in [2.05, 4.69) is 48.3 Å². The fourth-order valence-electron chi connectivity index (χ4n) is 4.77. The maximum atomic E-state index is 13.1. The zero-order valence-corrected chi connectivity index (χ0v) is 20.3. The largest absolute Gasteiger partial charge is 0.494 e. The number of carbonyl (C=O) groups excluding carboxylic acids is 1. The molecule has 0 spiro atoms. The van der Waals surface area contributed by atoms with Gasteiger partial charge in [0, 0.05) is 24.3 Å². The summed E-state index contributed by atoms with van der Waals surface area (Å²) in [6, 6.07) is 14.4. The lowest BCUT2D eigenvalue weighted by Gasteiger charge is -2.34. The van der Waals surface area contributed by atoms with Crippen molar-refractivity contribution < 1.29 is 9.53 Å². The lowest BCUT2D eigenvalue weighted by atomic mass is 9.95. The second kappa shape index (κ2) is 12.3. The number of hydrogen-bond acceptors (Lipinski definition) is 4. The second-order valence-electron chi connectivity index (χ2n) is 8.86. The number of aryl methyl sites for hydroxylation is 1. The van der Waals surface area contributed by atoms with Gasteiger partial charge in [-0.05, 0) is 62.3 Å². The van der Waals surface area contributed by atoms with E-state index in [1.165, 1.54) is 36.1 Å². The number of amides is 1. The topological polar surface area (TPSA) is 65.4 Å². The number of nitriles is 1. The van der Waals surface area contributed by atoms with Gasteiger partial charge in [0.1, 0.15) is 5.75 Å². The Kier molecular flexibility index (Phi) is 9.18. The number of ether oxygens (including phenoxy) is 1. The van der Waals surface area contributed by atoms with Gasteiger partial charge in [0.05, 0.1) is 31.6 Å². The second-order valence-corrected chi connectivity index (χ2v) is 8.86. The van der Waals surface area contributed by atoms with Gasteiger partial charge in [0.2, 0.25) is 5.91 Å². The first-order valence-electron chi connectivity index (χ1n) is 12.3. The van der Waals surface area contributed by atoms with E-state index < -0.39 is 0 Å². The molecule has 1 saturated heterocycles. The molecule has 0 radical (unpaired) electrons. The number of nitrogens with one attached hydrogen (secondary N) is 1. The minimum Gasteiger partial charge on any atom is -0.494 e. The monoisotopic (exact) mass is 447 g/mol. The van der Waals surface area contributed by atoms with E-state index in [4.69, 9.17) is 10.00 Å². The van der Waals surface area contributed by atoms with E-state index in [0.717, 1.165) is 37.1 Å². The van der Waals surface area contributed by atoms with Crippen LogP contribution in [0.5, 0.6) is 5.75 Å². The summed E-state index contributed by atoms with van der Waals surface area (Å²) in [6.07, 6.45) is 6.23. The summed E-state index contributed by atoms with van der Waals surface area (Å²) in [5.41, 5.74) is 5.56. The number of hydrogen-bond donors (Lipinski definition) is 1. The number of anilines is 1. The zero-order chi connectivity index (χ0) is 23.6. The summed E-state index contributed by atoms with van der Waals surface area (Å²) < 4.78 is 5.71. The van der Waals surface area contributed by atoms with E-state index in [0.29, 0.717) is 18.8 Å². The van der Waals surface area contributed by atoms with Crippen molar-refractivity contribution in [3.05, 3.63) is 58.7 Å². The third-order valence-electron chi connectivity index (χ3n) is 6.29. The van der Waals surface area contributed by atoms with Gasteiger partial charge >= 0.3 is 0 Å². The Morgan fingerprint density at radius 1 is 1.18 bits per heavy atom. The molecule has 1 aliphatic heterocycles. The van der Waals surface area contributed by atoms with Crippen LogP contribution in [-0.4, -0.2) is 25.6 Å². The first-order chi connectivity index (χ1) is 16.1. The van der Waals surface area contributed by atoms with E-state index in [1.54, 1.807) is 0 Å². The molecular formula is C28H37N3O2. The Hall–Kier alpha value is -3.00. The number of benzene rings is 2. The molecule has 1 aliphatic rings. The normalized spacial score (nSPS) is 14.4. The average molecular weight is 448 g/mol. The lowest BCUT2D eigenvalue weighted by Crippen LogP contribution is -2.34. The van der Waals surface area contributed by atoms with Crippen molar-refractivity contribution in [2.75, 3.05) is 24.6 Å². The highest BCUT2D eigenvalue weighted by Gasteiger charge is 2.23. The third kappa shape index (κ3) is 6.51. The molecule has 0 aromatic heterocycles. The standard InChI is InChI=1S/C28H37N3O2/c1-4-10-25(24-12-9-11-21(3)28(24)31-17-7-6-8-18-31)30-27(32)20-22-13-14-23(15-16-29)26(19-22)33-5-2/h9,11-14,19,25H,4-8,10,15,17-18,20H2,1-3H3,(H,30,32). The highest BCUT2D eigenvalue weighted by atomic mass is 16.5. The van der Waals surface area contributed by atoms with Gasteiger partial charge in [-0.25, -0.2) is 0 Å². The van der Waals surface area contributed by atoms with Gasteiger partial charge in [-0.1, -0.05) is 43.7 Å². The van der Waals surface area contributed by atoms with Gasteiger partial charge in [-0.3, -0.25) is 4.79 Å². The minimum atomic E-state index is -0.0106. The quantitative estimate of drug-likeness (QED) is 0.511. The van der Waals surface area contributed by atoms with Crippen LogP contribution in [0.4, 0.5) is 5.69 Å². The SMILES string of the molecule is CCCC(NC(=O)Cc1ccc(CC#N)c(OCC)c1)c1cccc(C)c1N1CCCCC1. The Balaban J connectivity index is 1.79. The van der Waals surface area contributed by atoms with Gasteiger partial charge < -0.3 is 15.0 Å². The van der Waals surface area contributed by atoms with Gasteiger partial charge in [0.15, 0.2) is 0 Å². The molecule has 2 aromatic carbocycles. The number of para-hydroxylation sites is 1. The smallest absolute Gasteiger partial charge is 0.224 e. The van der Waals surface area contributed by atoms with Crippen molar-refractivity contribution in [2.45, 2.75) is 71.8 Å². The Bertz CT molecular complexity index is 974. The van der Waals surface area contributed by atoms with E-state index >= 15 is 0 Å². The van der Waals surface area contributed by atoms with Crippen LogP contribution in [0.1, 0.15) is 74.2 Å². The predicted molar refractivity (Wildman–Crippen MR) is 134 cm³/mol. The molecule has 3 rings (SSSR count). The minimum absolute atomic E-state index is 0.00929. The Morgan fingerprint density at radius 3 is 2.67 bits per heavy atom. The van der Waals surface area contributed by atoms with Crippen LogP contribution in [0.25, 0.3) is 0 Å². The molecule has 5 nitrogen and oxygen atoms in total. The summed E-state index contributed by atoms with van der Waals surface area (Å²) in [4.78, 5) is 15.6. The fraction of sp³-hybridized carbons (Fsp3) is 0.500. The highest BCUT2D eigenvalue weighted by Crippen LogP contribution is 2.34. The molecule has 176 valence electrons. The fourth-order valence-corrected chi connectivity index (χ4v) is 4.77. The molecule has 1 fully saturated rings. The van der Waals surface area contributed by atoms with Gasteiger partial charge in [0.25, 0.3) is 0 Å². The molecule has 0 saturated carbocycles. The van der Waals surface area contributed by atoms with Crippen LogP contribution >= 0.6 is 0 Å². The van der Waals surface area contributed by atoms with Gasteiger partial charge in [-0.2, -0.15) is 5.26 Å². The Morgan fingerprint density at radius 2 is 1.97 bits per heavy atom. The van der Waals surface area contributed by atoms with Crippen molar-refractivity contribution in [1.82, 2.24) is 5.32 Å². The maximum Gasteiger partial charge on any atom is 0.224 e. The lowest BCUT2D eigenvalue weighted by molar-refractivity contribution is -0.121. The Labute approximate surface area is 198 Å². The molecule has 1 N–H and O–H groups in total. The number of piperidine rings is 1. The van der Waals surface area contributed by atoms with Gasteiger partial charge in [-0.15, -0.1) is 0 Å².